The van der Waals surface area contributed by atoms with Crippen molar-refractivity contribution in [2.75, 3.05) is 18.0 Å². The maximum Gasteiger partial charge on any atom is 0.325 e. The number of hydrogen-bond acceptors (Lipinski definition) is 3. The topological polar surface area (TPSA) is 69.7 Å². The summed E-state index contributed by atoms with van der Waals surface area (Å²) < 4.78 is 0. The first-order valence-electron chi connectivity index (χ1n) is 7.62. The Kier molecular flexibility index (Phi) is 4.56. The molecule has 0 atom stereocenters. The SMILES string of the molecule is O=C1CNC(=O)N1CC(=O)N(Cc1ccccc1)c1ccccc1. The van der Waals surface area contributed by atoms with E-state index >= 15 is 0 Å². The highest BCUT2D eigenvalue weighted by Crippen LogP contribution is 2.18. The van der Waals surface area contributed by atoms with Crippen LogP contribution in [0, 0.1) is 0 Å². The number of rotatable bonds is 5. The van der Waals surface area contributed by atoms with Gasteiger partial charge in [-0.1, -0.05) is 48.5 Å². The molecule has 0 unspecified atom stereocenters. The van der Waals surface area contributed by atoms with Gasteiger partial charge in [0.1, 0.15) is 6.54 Å². The third kappa shape index (κ3) is 3.43. The molecule has 0 bridgehead atoms. The highest BCUT2D eigenvalue weighted by molar-refractivity contribution is 6.06. The maximum absolute atomic E-state index is 12.7. The molecule has 0 aliphatic carbocycles. The molecule has 24 heavy (non-hydrogen) atoms. The molecule has 6 nitrogen and oxygen atoms in total. The number of urea groups is 1. The van der Waals surface area contributed by atoms with E-state index in [0.717, 1.165) is 16.2 Å². The lowest BCUT2D eigenvalue weighted by atomic mass is 10.2. The van der Waals surface area contributed by atoms with Crippen LogP contribution in [0.5, 0.6) is 0 Å². The Bertz CT molecular complexity index is 731. The zero-order valence-corrected chi connectivity index (χ0v) is 13.0. The molecule has 0 saturated carbocycles. The average Bonchev–Trinajstić information content (AvgIpc) is 2.93. The number of carbonyl (C=O) groups is 3. The van der Waals surface area contributed by atoms with Gasteiger partial charge in [-0.25, -0.2) is 4.79 Å². The summed E-state index contributed by atoms with van der Waals surface area (Å²) in [5.74, 6) is -0.698. The minimum absolute atomic E-state index is 0.0594. The average molecular weight is 323 g/mol. The van der Waals surface area contributed by atoms with Gasteiger partial charge in [0.05, 0.1) is 13.1 Å². The molecule has 3 rings (SSSR count). The van der Waals surface area contributed by atoms with E-state index in [0.29, 0.717) is 6.54 Å². The van der Waals surface area contributed by atoms with Crippen LogP contribution < -0.4 is 10.2 Å². The molecule has 4 amide bonds. The van der Waals surface area contributed by atoms with Gasteiger partial charge in [-0.3, -0.25) is 14.5 Å². The quantitative estimate of drug-likeness (QED) is 0.853. The van der Waals surface area contributed by atoms with Gasteiger partial charge in [0.15, 0.2) is 0 Å². The Morgan fingerprint density at radius 1 is 1.00 bits per heavy atom. The number of hydrogen-bond donors (Lipinski definition) is 1. The van der Waals surface area contributed by atoms with Crippen LogP contribution in [0.25, 0.3) is 0 Å². The van der Waals surface area contributed by atoms with E-state index in [1.807, 2.05) is 60.7 Å². The van der Waals surface area contributed by atoms with E-state index in [1.165, 1.54) is 0 Å². The van der Waals surface area contributed by atoms with Crippen molar-refractivity contribution in [1.29, 1.82) is 0 Å². The van der Waals surface area contributed by atoms with Crippen molar-refractivity contribution in [3.63, 3.8) is 0 Å². The monoisotopic (exact) mass is 323 g/mol. The molecule has 1 aliphatic rings. The first-order chi connectivity index (χ1) is 11.6. The van der Waals surface area contributed by atoms with Crippen molar-refractivity contribution >= 4 is 23.5 Å². The molecule has 2 aromatic rings. The predicted molar refractivity (Wildman–Crippen MR) is 89.2 cm³/mol. The molecule has 6 heteroatoms. The van der Waals surface area contributed by atoms with Gasteiger partial charge in [0.2, 0.25) is 5.91 Å². The van der Waals surface area contributed by atoms with E-state index in [9.17, 15) is 14.4 Å². The van der Waals surface area contributed by atoms with Crippen LogP contribution in [0.3, 0.4) is 0 Å². The van der Waals surface area contributed by atoms with E-state index in [2.05, 4.69) is 5.32 Å². The number of anilines is 1. The first kappa shape index (κ1) is 15.7. The normalized spacial score (nSPS) is 13.8. The summed E-state index contributed by atoms with van der Waals surface area (Å²) in [6, 6.07) is 18.2. The van der Waals surface area contributed by atoms with Gasteiger partial charge in [0, 0.05) is 5.69 Å². The second-order valence-electron chi connectivity index (χ2n) is 5.44. The Hall–Kier alpha value is -3.15. The molecular weight excluding hydrogens is 306 g/mol. The van der Waals surface area contributed by atoms with E-state index in [1.54, 1.807) is 4.90 Å². The predicted octanol–water partition coefficient (Wildman–Crippen LogP) is 1.77. The van der Waals surface area contributed by atoms with Crippen molar-refractivity contribution in [3.05, 3.63) is 66.2 Å². The number of carbonyl (C=O) groups excluding carboxylic acids is 3. The maximum atomic E-state index is 12.7. The fraction of sp³-hybridized carbons (Fsp3) is 0.167. The van der Waals surface area contributed by atoms with Gasteiger partial charge in [0.25, 0.3) is 5.91 Å². The fourth-order valence-corrected chi connectivity index (χ4v) is 2.53. The molecule has 1 N–H and O–H groups in total. The number of nitrogens with one attached hydrogen (secondary N) is 1. The molecule has 1 heterocycles. The second-order valence-corrected chi connectivity index (χ2v) is 5.44. The van der Waals surface area contributed by atoms with Crippen molar-refractivity contribution in [2.45, 2.75) is 6.54 Å². The summed E-state index contributed by atoms with van der Waals surface area (Å²) in [5.41, 5.74) is 1.69. The highest BCUT2D eigenvalue weighted by Gasteiger charge is 2.31. The number of para-hydroxylation sites is 1. The number of benzene rings is 2. The van der Waals surface area contributed by atoms with Gasteiger partial charge >= 0.3 is 6.03 Å². The Labute approximate surface area is 139 Å². The lowest BCUT2D eigenvalue weighted by molar-refractivity contribution is -0.129. The molecule has 1 aliphatic heterocycles. The third-order valence-corrected chi connectivity index (χ3v) is 3.78. The molecule has 122 valence electrons. The van der Waals surface area contributed by atoms with Crippen LogP contribution in [0.1, 0.15) is 5.56 Å². The Balaban J connectivity index is 1.82. The summed E-state index contributed by atoms with van der Waals surface area (Å²) in [4.78, 5) is 38.6. The first-order valence-corrected chi connectivity index (χ1v) is 7.62. The van der Waals surface area contributed by atoms with Crippen LogP contribution in [-0.4, -0.2) is 35.8 Å². The van der Waals surface area contributed by atoms with Gasteiger partial charge in [-0.2, -0.15) is 0 Å². The molecule has 1 fully saturated rings. The smallest absolute Gasteiger partial charge is 0.325 e. The van der Waals surface area contributed by atoms with E-state index in [4.69, 9.17) is 0 Å². The van der Waals surface area contributed by atoms with Crippen LogP contribution in [0.15, 0.2) is 60.7 Å². The minimum atomic E-state index is -0.527. The van der Waals surface area contributed by atoms with Gasteiger partial charge in [-0.15, -0.1) is 0 Å². The van der Waals surface area contributed by atoms with Crippen LogP contribution >= 0.6 is 0 Å². The lowest BCUT2D eigenvalue weighted by Gasteiger charge is -2.25. The third-order valence-electron chi connectivity index (χ3n) is 3.78. The van der Waals surface area contributed by atoms with Crippen LogP contribution in [-0.2, 0) is 16.1 Å². The van der Waals surface area contributed by atoms with Crippen LogP contribution in [0.4, 0.5) is 10.5 Å². The zero-order chi connectivity index (χ0) is 16.9. The van der Waals surface area contributed by atoms with Gasteiger partial charge in [-0.05, 0) is 17.7 Å². The fourth-order valence-electron chi connectivity index (χ4n) is 2.53. The van der Waals surface area contributed by atoms with E-state index in [-0.39, 0.29) is 24.9 Å². The summed E-state index contributed by atoms with van der Waals surface area (Å²) in [5, 5.41) is 2.42. The molecule has 1 saturated heterocycles. The lowest BCUT2D eigenvalue weighted by Crippen LogP contribution is -2.43. The summed E-state index contributed by atoms with van der Waals surface area (Å²) in [6.07, 6.45) is 0. The van der Waals surface area contributed by atoms with Crippen molar-refractivity contribution < 1.29 is 14.4 Å². The largest absolute Gasteiger partial charge is 0.329 e. The highest BCUT2D eigenvalue weighted by atomic mass is 16.2. The van der Waals surface area contributed by atoms with Crippen molar-refractivity contribution in [3.8, 4) is 0 Å². The molecule has 0 spiro atoms. The van der Waals surface area contributed by atoms with Crippen molar-refractivity contribution in [2.24, 2.45) is 0 Å². The standard InChI is InChI=1S/C18H17N3O3/c22-16-11-19-18(24)21(16)13-17(23)20(15-9-5-2-6-10-15)12-14-7-3-1-4-8-14/h1-10H,11-13H2,(H,19,24). The molecular formula is C18H17N3O3. The van der Waals surface area contributed by atoms with Crippen LogP contribution in [0.2, 0.25) is 0 Å². The van der Waals surface area contributed by atoms with Crippen molar-refractivity contribution in [1.82, 2.24) is 10.2 Å². The Morgan fingerprint density at radius 3 is 2.21 bits per heavy atom. The molecule has 2 aromatic carbocycles. The Morgan fingerprint density at radius 2 is 1.62 bits per heavy atom. The number of nitrogens with zero attached hydrogens (tertiary/aromatic N) is 2. The summed E-state index contributed by atoms with van der Waals surface area (Å²) >= 11 is 0. The summed E-state index contributed by atoms with van der Waals surface area (Å²) in [6.45, 7) is 0.0376. The number of amides is 4. The molecule has 0 radical (unpaired) electrons. The van der Waals surface area contributed by atoms with Gasteiger partial charge < -0.3 is 10.2 Å². The molecule has 0 aromatic heterocycles. The zero-order valence-electron chi connectivity index (χ0n) is 13.0. The van der Waals surface area contributed by atoms with E-state index < -0.39 is 6.03 Å². The number of imide groups is 1. The minimum Gasteiger partial charge on any atom is -0.329 e. The summed E-state index contributed by atoms with van der Waals surface area (Å²) in [7, 11) is 0. The second kappa shape index (κ2) is 6.95.